The number of fused-ring (bicyclic) bond motifs is 1. The molecule has 0 radical (unpaired) electrons. The Morgan fingerprint density at radius 3 is 2.94 bits per heavy atom. The van der Waals surface area contributed by atoms with Gasteiger partial charge in [-0.1, -0.05) is 0 Å². The minimum atomic E-state index is -1.54. The molecule has 0 bridgehead atoms. The summed E-state index contributed by atoms with van der Waals surface area (Å²) in [6.45, 7) is 3.45. The number of aliphatic hydroxyl groups is 1. The molecule has 6 nitrogen and oxygen atoms in total. The maximum absolute atomic E-state index is 11.5. The van der Waals surface area contributed by atoms with E-state index in [0.29, 0.717) is 17.1 Å². The molecular weight excluding hydrogens is 240 g/mol. The van der Waals surface area contributed by atoms with Crippen molar-refractivity contribution >= 4 is 5.97 Å². The first-order chi connectivity index (χ1) is 8.56. The largest absolute Gasteiger partial charge is 0.507 e. The van der Waals surface area contributed by atoms with Gasteiger partial charge in [-0.25, -0.2) is 4.79 Å². The van der Waals surface area contributed by atoms with Gasteiger partial charge in [0.15, 0.2) is 17.6 Å². The van der Waals surface area contributed by atoms with Crippen LogP contribution in [0.5, 0.6) is 17.2 Å². The van der Waals surface area contributed by atoms with E-state index in [0.717, 1.165) is 0 Å². The van der Waals surface area contributed by atoms with Crippen molar-refractivity contribution in [1.82, 2.24) is 0 Å². The average Bonchev–Trinajstić information content (AvgIpc) is 2.81. The van der Waals surface area contributed by atoms with Gasteiger partial charge in [-0.15, -0.1) is 0 Å². The molecule has 6 heteroatoms. The lowest BCUT2D eigenvalue weighted by Crippen LogP contribution is -2.15. The molecule has 1 aromatic carbocycles. The summed E-state index contributed by atoms with van der Waals surface area (Å²) in [4.78, 5) is 11.5. The van der Waals surface area contributed by atoms with Gasteiger partial charge in [0.1, 0.15) is 5.75 Å². The van der Waals surface area contributed by atoms with Gasteiger partial charge in [-0.2, -0.15) is 0 Å². The van der Waals surface area contributed by atoms with E-state index in [1.807, 2.05) is 0 Å². The number of carbonyl (C=O) groups is 1. The highest BCUT2D eigenvalue weighted by Crippen LogP contribution is 2.44. The fourth-order valence-corrected chi connectivity index (χ4v) is 1.78. The van der Waals surface area contributed by atoms with Gasteiger partial charge in [0, 0.05) is 11.1 Å². The lowest BCUT2D eigenvalue weighted by Gasteiger charge is -2.14. The first kappa shape index (κ1) is 12.5. The molecule has 0 spiro atoms. The Bertz CT molecular complexity index is 482. The van der Waals surface area contributed by atoms with Crippen molar-refractivity contribution in [2.45, 2.75) is 20.0 Å². The molecule has 0 saturated heterocycles. The van der Waals surface area contributed by atoms with Crippen LogP contribution < -0.4 is 9.47 Å². The number of carbonyl (C=O) groups excluding carboxylic acids is 1. The van der Waals surface area contributed by atoms with E-state index < -0.39 is 12.1 Å². The van der Waals surface area contributed by atoms with Gasteiger partial charge in [0.05, 0.1) is 6.61 Å². The number of esters is 1. The number of ether oxygens (including phenoxy) is 3. The van der Waals surface area contributed by atoms with Gasteiger partial charge >= 0.3 is 5.97 Å². The molecule has 0 fully saturated rings. The van der Waals surface area contributed by atoms with E-state index in [-0.39, 0.29) is 24.7 Å². The van der Waals surface area contributed by atoms with E-state index in [4.69, 9.17) is 14.2 Å². The smallest absolute Gasteiger partial charge is 0.339 e. The van der Waals surface area contributed by atoms with Crippen LogP contribution in [0.4, 0.5) is 0 Å². The van der Waals surface area contributed by atoms with Gasteiger partial charge in [-0.05, 0) is 19.9 Å². The number of phenols is 1. The molecule has 18 heavy (non-hydrogen) atoms. The summed E-state index contributed by atoms with van der Waals surface area (Å²) >= 11 is 0. The van der Waals surface area contributed by atoms with Crippen LogP contribution in [-0.2, 0) is 9.53 Å². The molecule has 2 rings (SSSR count). The van der Waals surface area contributed by atoms with Crippen LogP contribution in [0.25, 0.3) is 0 Å². The first-order valence-corrected chi connectivity index (χ1v) is 5.53. The van der Waals surface area contributed by atoms with Crippen LogP contribution in [0, 0.1) is 6.92 Å². The van der Waals surface area contributed by atoms with Crippen LogP contribution in [0.2, 0.25) is 0 Å². The first-order valence-electron chi connectivity index (χ1n) is 5.53. The molecule has 1 unspecified atom stereocenters. The molecule has 0 amide bonds. The summed E-state index contributed by atoms with van der Waals surface area (Å²) in [5, 5.41) is 19.8. The highest BCUT2D eigenvalue weighted by molar-refractivity contribution is 5.78. The zero-order valence-corrected chi connectivity index (χ0v) is 10.1. The summed E-state index contributed by atoms with van der Waals surface area (Å²) in [5.74, 6) is -0.193. The monoisotopic (exact) mass is 254 g/mol. The third kappa shape index (κ3) is 1.95. The minimum Gasteiger partial charge on any atom is -0.507 e. The average molecular weight is 254 g/mol. The number of rotatable bonds is 3. The van der Waals surface area contributed by atoms with Gasteiger partial charge in [0.25, 0.3) is 0 Å². The number of aromatic hydroxyl groups is 1. The topological polar surface area (TPSA) is 85.2 Å². The zero-order valence-electron chi connectivity index (χ0n) is 10.1. The molecule has 98 valence electrons. The Kier molecular flexibility index (Phi) is 3.29. The highest BCUT2D eigenvalue weighted by atomic mass is 16.7. The molecule has 1 aliphatic heterocycles. The number of hydrogen-bond donors (Lipinski definition) is 2. The van der Waals surface area contributed by atoms with Crippen LogP contribution in [0.1, 0.15) is 24.2 Å². The quantitative estimate of drug-likeness (QED) is 0.783. The fraction of sp³-hybridized carbons (Fsp3) is 0.417. The number of benzene rings is 1. The second kappa shape index (κ2) is 4.73. The van der Waals surface area contributed by atoms with Crippen LogP contribution in [0.3, 0.4) is 0 Å². The van der Waals surface area contributed by atoms with Crippen LogP contribution in [-0.4, -0.2) is 29.6 Å². The Balaban J connectivity index is 2.40. The standard InChI is InChI=1S/C12H14O6/c1-3-16-12(15)10(14)7-4-8-11(18-5-17-8)6(2)9(7)13/h4,10,13-14H,3,5H2,1-2H3. The number of aliphatic hydroxyl groups excluding tert-OH is 1. The van der Waals surface area contributed by atoms with E-state index in [1.165, 1.54) is 6.07 Å². The van der Waals surface area contributed by atoms with E-state index in [9.17, 15) is 15.0 Å². The molecule has 1 aromatic rings. The maximum Gasteiger partial charge on any atom is 0.339 e. The molecule has 0 aromatic heterocycles. The number of phenolic OH excluding ortho intramolecular Hbond substituents is 1. The SMILES string of the molecule is CCOC(=O)C(O)c1cc2c(c(C)c1O)OCO2. The van der Waals surface area contributed by atoms with Gasteiger partial charge in [0.2, 0.25) is 6.79 Å². The van der Waals surface area contributed by atoms with Crippen molar-refractivity contribution < 1.29 is 29.2 Å². The zero-order chi connectivity index (χ0) is 13.3. The van der Waals surface area contributed by atoms with Gasteiger partial charge < -0.3 is 24.4 Å². The fourth-order valence-electron chi connectivity index (χ4n) is 1.78. The Morgan fingerprint density at radius 2 is 2.28 bits per heavy atom. The van der Waals surface area contributed by atoms with Crippen molar-refractivity contribution in [3.05, 3.63) is 17.2 Å². The predicted molar refractivity (Wildman–Crippen MR) is 60.6 cm³/mol. The molecule has 0 aliphatic carbocycles. The van der Waals surface area contributed by atoms with Crippen molar-refractivity contribution in [3.8, 4) is 17.2 Å². The molecule has 2 N–H and O–H groups in total. The lowest BCUT2D eigenvalue weighted by molar-refractivity contribution is -0.153. The van der Waals surface area contributed by atoms with Crippen LogP contribution >= 0.6 is 0 Å². The van der Waals surface area contributed by atoms with Crippen molar-refractivity contribution in [2.75, 3.05) is 13.4 Å². The van der Waals surface area contributed by atoms with Gasteiger partial charge in [-0.3, -0.25) is 0 Å². The Hall–Kier alpha value is -1.95. The van der Waals surface area contributed by atoms with Crippen LogP contribution in [0.15, 0.2) is 6.07 Å². The highest BCUT2D eigenvalue weighted by Gasteiger charge is 2.28. The summed E-state index contributed by atoms with van der Waals surface area (Å²) < 4.78 is 15.0. The van der Waals surface area contributed by atoms with Crippen molar-refractivity contribution in [2.24, 2.45) is 0 Å². The third-order valence-electron chi connectivity index (χ3n) is 2.70. The molecule has 0 saturated carbocycles. The minimum absolute atomic E-state index is 0.0502. The second-order valence-corrected chi connectivity index (χ2v) is 3.83. The van der Waals surface area contributed by atoms with E-state index >= 15 is 0 Å². The van der Waals surface area contributed by atoms with E-state index in [1.54, 1.807) is 13.8 Å². The summed E-state index contributed by atoms with van der Waals surface area (Å²) in [6.07, 6.45) is -1.54. The van der Waals surface area contributed by atoms with Crippen molar-refractivity contribution in [3.63, 3.8) is 0 Å². The maximum atomic E-state index is 11.5. The lowest BCUT2D eigenvalue weighted by atomic mass is 10.0. The molecular formula is C12H14O6. The molecule has 1 heterocycles. The van der Waals surface area contributed by atoms with Crippen molar-refractivity contribution in [1.29, 1.82) is 0 Å². The number of hydrogen-bond acceptors (Lipinski definition) is 6. The predicted octanol–water partition coefficient (Wildman–Crippen LogP) is 1.03. The summed E-state index contributed by atoms with van der Waals surface area (Å²) in [7, 11) is 0. The summed E-state index contributed by atoms with van der Waals surface area (Å²) in [5.41, 5.74) is 0.471. The Labute approximate surface area is 104 Å². The summed E-state index contributed by atoms with van der Waals surface area (Å²) in [6, 6.07) is 1.38. The molecule has 1 atom stereocenters. The molecule has 1 aliphatic rings. The second-order valence-electron chi connectivity index (χ2n) is 3.83. The van der Waals surface area contributed by atoms with E-state index in [2.05, 4.69) is 0 Å². The Morgan fingerprint density at radius 1 is 1.56 bits per heavy atom. The normalized spacial score (nSPS) is 14.4. The third-order valence-corrected chi connectivity index (χ3v) is 2.70.